The number of aromatic nitrogens is 2. The number of anilines is 1. The van der Waals surface area contributed by atoms with Crippen molar-refractivity contribution < 1.29 is 9.90 Å². The number of urea groups is 1. The van der Waals surface area contributed by atoms with Gasteiger partial charge in [0.15, 0.2) is 0 Å². The van der Waals surface area contributed by atoms with Crippen LogP contribution in [-0.4, -0.2) is 20.9 Å². The molecule has 0 aliphatic heterocycles. The van der Waals surface area contributed by atoms with Gasteiger partial charge in [0.05, 0.1) is 5.69 Å². The summed E-state index contributed by atoms with van der Waals surface area (Å²) in [6.07, 6.45) is 0. The summed E-state index contributed by atoms with van der Waals surface area (Å²) in [7, 11) is 1.77. The quantitative estimate of drug-likeness (QED) is 0.623. The summed E-state index contributed by atoms with van der Waals surface area (Å²) in [6.45, 7) is 11.9. The Morgan fingerprint density at radius 1 is 1.19 bits per heavy atom. The van der Waals surface area contributed by atoms with Crippen molar-refractivity contribution in [3.05, 3.63) is 41.1 Å². The third-order valence-electron chi connectivity index (χ3n) is 4.34. The number of para-hydroxylation sites is 1. The number of nitrogens with one attached hydrogen (secondary N) is 2. The molecule has 6 nitrogen and oxygen atoms in total. The molecular formula is C20H30N4O2S. The molecule has 2 amide bonds. The number of benzene rings is 1. The van der Waals surface area contributed by atoms with Crippen molar-refractivity contribution in [2.45, 2.75) is 64.0 Å². The molecule has 0 atom stereocenters. The van der Waals surface area contributed by atoms with Crippen LogP contribution < -0.4 is 10.0 Å². The molecule has 0 aliphatic rings. The fourth-order valence-corrected chi connectivity index (χ4v) is 3.58. The monoisotopic (exact) mass is 390 g/mol. The highest BCUT2D eigenvalue weighted by molar-refractivity contribution is 7.97. The number of aryl methyl sites for hydroxylation is 1. The summed E-state index contributed by atoms with van der Waals surface area (Å²) >= 11 is 1.12. The molecule has 1 aromatic heterocycles. The van der Waals surface area contributed by atoms with Gasteiger partial charge in [-0.05, 0) is 42.9 Å². The first-order chi connectivity index (χ1) is 12.5. The fraction of sp³-hybridized carbons (Fsp3) is 0.500. The first-order valence-electron chi connectivity index (χ1n) is 9.14. The molecule has 2 rings (SSSR count). The maximum atomic E-state index is 12.5. The number of carbonyl (C=O) groups excluding carboxylic acids is 1. The molecule has 0 aliphatic carbocycles. The Kier molecular flexibility index (Phi) is 6.59. The molecule has 0 saturated carbocycles. The standard InChI is InChI=1S/C20H30N4O2S/c1-12(2)14-9-8-10-15(13(3)4)18(14)21-19(25)23-27-17-11-16(20(5,6)26)24(7)22-17/h8-13,26H,1-7H3,(H2,21,23,25). The Hall–Kier alpha value is -1.99. The van der Waals surface area contributed by atoms with Gasteiger partial charge in [0, 0.05) is 24.7 Å². The molecule has 1 aromatic carbocycles. The van der Waals surface area contributed by atoms with Crippen molar-refractivity contribution in [2.24, 2.45) is 7.05 Å². The van der Waals surface area contributed by atoms with E-state index < -0.39 is 5.60 Å². The van der Waals surface area contributed by atoms with Crippen LogP contribution in [0.5, 0.6) is 0 Å². The van der Waals surface area contributed by atoms with Crippen molar-refractivity contribution in [1.82, 2.24) is 14.5 Å². The molecule has 0 radical (unpaired) electrons. The van der Waals surface area contributed by atoms with Gasteiger partial charge in [-0.3, -0.25) is 9.40 Å². The predicted molar refractivity (Wildman–Crippen MR) is 111 cm³/mol. The predicted octanol–water partition coefficient (Wildman–Crippen LogP) is 4.72. The van der Waals surface area contributed by atoms with Gasteiger partial charge in [-0.1, -0.05) is 45.9 Å². The van der Waals surface area contributed by atoms with E-state index in [1.165, 1.54) is 0 Å². The molecule has 0 saturated heterocycles. The zero-order chi connectivity index (χ0) is 20.4. The number of hydrogen-bond acceptors (Lipinski definition) is 4. The number of amides is 2. The summed E-state index contributed by atoms with van der Waals surface area (Å²) < 4.78 is 4.40. The topological polar surface area (TPSA) is 79.2 Å². The fourth-order valence-electron chi connectivity index (χ4n) is 3.00. The number of carbonyl (C=O) groups is 1. The minimum Gasteiger partial charge on any atom is -0.384 e. The van der Waals surface area contributed by atoms with E-state index in [-0.39, 0.29) is 6.03 Å². The molecule has 0 spiro atoms. The van der Waals surface area contributed by atoms with E-state index in [2.05, 4.69) is 42.8 Å². The lowest BCUT2D eigenvalue weighted by molar-refractivity contribution is 0.0695. The van der Waals surface area contributed by atoms with Gasteiger partial charge in [0.25, 0.3) is 0 Å². The molecule has 3 N–H and O–H groups in total. The Morgan fingerprint density at radius 2 is 1.74 bits per heavy atom. The van der Waals surface area contributed by atoms with Gasteiger partial charge >= 0.3 is 6.03 Å². The second-order valence-electron chi connectivity index (χ2n) is 7.83. The number of hydrogen-bond donors (Lipinski definition) is 3. The first kappa shape index (κ1) is 21.3. The molecule has 2 aromatic rings. The van der Waals surface area contributed by atoms with Crippen LogP contribution in [0.3, 0.4) is 0 Å². The normalized spacial score (nSPS) is 11.9. The van der Waals surface area contributed by atoms with Crippen LogP contribution in [0.2, 0.25) is 0 Å². The lowest BCUT2D eigenvalue weighted by Crippen LogP contribution is -2.24. The van der Waals surface area contributed by atoms with E-state index in [4.69, 9.17) is 0 Å². The van der Waals surface area contributed by atoms with Crippen molar-refractivity contribution >= 4 is 23.7 Å². The third kappa shape index (κ3) is 5.26. The molecule has 0 bridgehead atoms. The highest BCUT2D eigenvalue weighted by Gasteiger charge is 2.22. The zero-order valence-electron chi connectivity index (χ0n) is 17.1. The van der Waals surface area contributed by atoms with Gasteiger partial charge < -0.3 is 10.4 Å². The van der Waals surface area contributed by atoms with Crippen LogP contribution in [0.4, 0.5) is 10.5 Å². The van der Waals surface area contributed by atoms with E-state index in [9.17, 15) is 9.90 Å². The van der Waals surface area contributed by atoms with E-state index >= 15 is 0 Å². The number of rotatable bonds is 6. The van der Waals surface area contributed by atoms with Crippen LogP contribution in [0.25, 0.3) is 0 Å². The zero-order valence-corrected chi connectivity index (χ0v) is 17.9. The van der Waals surface area contributed by atoms with Crippen LogP contribution in [0, 0.1) is 0 Å². The smallest absolute Gasteiger partial charge is 0.329 e. The number of aliphatic hydroxyl groups is 1. The van der Waals surface area contributed by atoms with E-state index in [1.807, 2.05) is 18.2 Å². The average molecular weight is 391 g/mol. The summed E-state index contributed by atoms with van der Waals surface area (Å²) in [5, 5.41) is 18.1. The van der Waals surface area contributed by atoms with Gasteiger partial charge in [-0.25, -0.2) is 4.79 Å². The lowest BCUT2D eigenvalue weighted by atomic mass is 9.93. The highest BCUT2D eigenvalue weighted by Crippen LogP contribution is 2.32. The molecule has 0 fully saturated rings. The van der Waals surface area contributed by atoms with Crippen LogP contribution in [-0.2, 0) is 12.6 Å². The van der Waals surface area contributed by atoms with Gasteiger partial charge in [-0.15, -0.1) is 0 Å². The van der Waals surface area contributed by atoms with Crippen molar-refractivity contribution in [2.75, 3.05) is 5.32 Å². The molecule has 7 heteroatoms. The molecular weight excluding hydrogens is 360 g/mol. The first-order valence-corrected chi connectivity index (χ1v) is 9.96. The van der Waals surface area contributed by atoms with Crippen molar-refractivity contribution in [1.29, 1.82) is 0 Å². The second-order valence-corrected chi connectivity index (χ2v) is 8.66. The van der Waals surface area contributed by atoms with Crippen molar-refractivity contribution in [3.63, 3.8) is 0 Å². The third-order valence-corrected chi connectivity index (χ3v) is 5.04. The number of nitrogens with zero attached hydrogens (tertiary/aromatic N) is 2. The maximum absolute atomic E-state index is 12.5. The van der Waals surface area contributed by atoms with Gasteiger partial charge in [0.2, 0.25) is 0 Å². The van der Waals surface area contributed by atoms with Gasteiger partial charge in [-0.2, -0.15) is 5.10 Å². The lowest BCUT2D eigenvalue weighted by Gasteiger charge is -2.20. The highest BCUT2D eigenvalue weighted by atomic mass is 32.2. The summed E-state index contributed by atoms with van der Waals surface area (Å²) in [5.74, 6) is 0.605. The minimum atomic E-state index is -0.995. The van der Waals surface area contributed by atoms with Crippen molar-refractivity contribution in [3.8, 4) is 0 Å². The summed E-state index contributed by atoms with van der Waals surface area (Å²) in [6, 6.07) is 7.60. The Bertz CT molecular complexity index is 781. The minimum absolute atomic E-state index is 0.300. The average Bonchev–Trinajstić information content (AvgIpc) is 2.94. The molecule has 148 valence electrons. The van der Waals surface area contributed by atoms with Crippen LogP contribution in [0.1, 0.15) is 70.2 Å². The summed E-state index contributed by atoms with van der Waals surface area (Å²) in [5.41, 5.74) is 2.79. The van der Waals surface area contributed by atoms with Gasteiger partial charge in [0.1, 0.15) is 10.6 Å². The molecule has 0 unspecified atom stereocenters. The maximum Gasteiger partial charge on any atom is 0.329 e. The Labute approximate surface area is 165 Å². The largest absolute Gasteiger partial charge is 0.384 e. The van der Waals surface area contributed by atoms with E-state index in [0.29, 0.717) is 22.6 Å². The van der Waals surface area contributed by atoms with Crippen LogP contribution in [0.15, 0.2) is 29.3 Å². The van der Waals surface area contributed by atoms with E-state index in [0.717, 1.165) is 28.8 Å². The Balaban J connectivity index is 2.13. The Morgan fingerprint density at radius 3 is 2.19 bits per heavy atom. The molecule has 27 heavy (non-hydrogen) atoms. The molecule has 1 heterocycles. The van der Waals surface area contributed by atoms with Crippen LogP contribution >= 0.6 is 11.9 Å². The van der Waals surface area contributed by atoms with E-state index in [1.54, 1.807) is 31.6 Å². The second kappa shape index (κ2) is 8.35. The SMILES string of the molecule is CC(C)c1cccc(C(C)C)c1NC(=O)NSc1cc(C(C)(C)O)n(C)n1. The summed E-state index contributed by atoms with van der Waals surface area (Å²) in [4.78, 5) is 12.5.